The standard InChI is InChI=1S/C14H19N5O/c1-14(2,3)9-5-6-12(20-4)10(7-9)18-19-11(8-15)13(16)17/h5-7,18H,1-4H3,(H3,16,17)/b19-11+. The minimum atomic E-state index is -0.383. The summed E-state index contributed by atoms with van der Waals surface area (Å²) in [5.74, 6) is 0.216. The fourth-order valence-electron chi connectivity index (χ4n) is 1.52. The van der Waals surface area contributed by atoms with E-state index in [-0.39, 0.29) is 17.0 Å². The van der Waals surface area contributed by atoms with E-state index in [1.807, 2.05) is 18.2 Å². The van der Waals surface area contributed by atoms with E-state index in [4.69, 9.17) is 21.1 Å². The molecule has 0 aliphatic heterocycles. The van der Waals surface area contributed by atoms with Crippen LogP contribution in [0.1, 0.15) is 26.3 Å². The summed E-state index contributed by atoms with van der Waals surface area (Å²) in [6, 6.07) is 7.46. The summed E-state index contributed by atoms with van der Waals surface area (Å²) in [5, 5.41) is 19.8. The van der Waals surface area contributed by atoms with E-state index in [0.717, 1.165) is 5.56 Å². The van der Waals surface area contributed by atoms with Gasteiger partial charge in [-0.1, -0.05) is 26.8 Å². The Morgan fingerprint density at radius 3 is 2.55 bits per heavy atom. The van der Waals surface area contributed by atoms with Gasteiger partial charge in [-0.05, 0) is 23.1 Å². The number of anilines is 1. The lowest BCUT2D eigenvalue weighted by atomic mass is 9.87. The molecule has 0 atom stereocenters. The molecule has 20 heavy (non-hydrogen) atoms. The fraction of sp³-hybridized carbons (Fsp3) is 0.357. The number of nitrogens with one attached hydrogen (secondary N) is 2. The van der Waals surface area contributed by atoms with Crippen LogP contribution in [0.4, 0.5) is 5.69 Å². The SMILES string of the molecule is COc1ccc(C(C)(C)C)cc1N/N=C(\C#N)C(=N)N. The van der Waals surface area contributed by atoms with Gasteiger partial charge in [-0.15, -0.1) is 0 Å². The zero-order valence-corrected chi connectivity index (χ0v) is 12.1. The van der Waals surface area contributed by atoms with Crippen molar-refractivity contribution in [2.24, 2.45) is 10.8 Å². The highest BCUT2D eigenvalue weighted by atomic mass is 16.5. The van der Waals surface area contributed by atoms with Crippen molar-refractivity contribution in [1.29, 1.82) is 10.7 Å². The van der Waals surface area contributed by atoms with Gasteiger partial charge in [-0.25, -0.2) is 0 Å². The van der Waals surface area contributed by atoms with Crippen LogP contribution >= 0.6 is 0 Å². The van der Waals surface area contributed by atoms with Crippen LogP contribution in [-0.4, -0.2) is 18.7 Å². The smallest absolute Gasteiger partial charge is 0.201 e. The molecule has 0 unspecified atom stereocenters. The van der Waals surface area contributed by atoms with Gasteiger partial charge in [0.25, 0.3) is 0 Å². The number of hydrogen-bond acceptors (Lipinski definition) is 5. The van der Waals surface area contributed by atoms with E-state index in [0.29, 0.717) is 11.4 Å². The Bertz CT molecular complexity index is 578. The molecule has 0 bridgehead atoms. The average molecular weight is 273 g/mol. The van der Waals surface area contributed by atoms with Crippen molar-refractivity contribution in [1.82, 2.24) is 0 Å². The van der Waals surface area contributed by atoms with Crippen molar-refractivity contribution >= 4 is 17.2 Å². The van der Waals surface area contributed by atoms with Gasteiger partial charge >= 0.3 is 0 Å². The highest BCUT2D eigenvalue weighted by Gasteiger charge is 2.16. The second kappa shape index (κ2) is 6.06. The summed E-state index contributed by atoms with van der Waals surface area (Å²) in [6.45, 7) is 6.29. The number of nitrogens with two attached hydrogens (primary N) is 1. The summed E-state index contributed by atoms with van der Waals surface area (Å²) in [6.07, 6.45) is 0. The monoisotopic (exact) mass is 273 g/mol. The molecule has 0 saturated carbocycles. The highest BCUT2D eigenvalue weighted by molar-refractivity contribution is 6.45. The highest BCUT2D eigenvalue weighted by Crippen LogP contribution is 2.31. The molecule has 6 heteroatoms. The Labute approximate surface area is 118 Å². The predicted molar refractivity (Wildman–Crippen MR) is 80.3 cm³/mol. The van der Waals surface area contributed by atoms with Gasteiger partial charge in [0.05, 0.1) is 12.8 Å². The first kappa shape index (κ1) is 15.5. The topological polar surface area (TPSA) is 107 Å². The third-order valence-electron chi connectivity index (χ3n) is 2.71. The molecular formula is C14H19N5O. The van der Waals surface area contributed by atoms with E-state index in [2.05, 4.69) is 31.3 Å². The number of methoxy groups -OCH3 is 1. The molecule has 1 aromatic rings. The van der Waals surface area contributed by atoms with Crippen molar-refractivity contribution in [3.05, 3.63) is 23.8 Å². The summed E-state index contributed by atoms with van der Waals surface area (Å²) >= 11 is 0. The van der Waals surface area contributed by atoms with E-state index in [1.54, 1.807) is 13.2 Å². The number of hydrogen-bond donors (Lipinski definition) is 3. The Morgan fingerprint density at radius 2 is 2.10 bits per heavy atom. The van der Waals surface area contributed by atoms with Crippen molar-refractivity contribution in [2.75, 3.05) is 12.5 Å². The number of nitriles is 1. The molecule has 4 N–H and O–H groups in total. The molecule has 106 valence electrons. The van der Waals surface area contributed by atoms with Crippen LogP contribution in [-0.2, 0) is 5.41 Å². The van der Waals surface area contributed by atoms with Crippen molar-refractivity contribution < 1.29 is 4.74 Å². The number of amidine groups is 1. The molecular weight excluding hydrogens is 254 g/mol. The maximum absolute atomic E-state index is 8.81. The zero-order valence-electron chi connectivity index (χ0n) is 12.1. The molecule has 0 aliphatic rings. The fourth-order valence-corrected chi connectivity index (χ4v) is 1.52. The molecule has 0 spiro atoms. The third-order valence-corrected chi connectivity index (χ3v) is 2.71. The molecule has 1 rings (SSSR count). The Kier molecular flexibility index (Phi) is 4.70. The van der Waals surface area contributed by atoms with Crippen LogP contribution in [0.25, 0.3) is 0 Å². The van der Waals surface area contributed by atoms with E-state index in [9.17, 15) is 0 Å². The van der Waals surface area contributed by atoms with Crippen molar-refractivity contribution in [2.45, 2.75) is 26.2 Å². The maximum Gasteiger partial charge on any atom is 0.201 e. The third kappa shape index (κ3) is 3.72. The molecule has 0 aromatic heterocycles. The van der Waals surface area contributed by atoms with Gasteiger partial charge in [0.1, 0.15) is 11.8 Å². The Balaban J connectivity index is 3.16. The number of hydrazone groups is 1. The van der Waals surface area contributed by atoms with Gasteiger partial charge in [0.15, 0.2) is 5.84 Å². The number of rotatable bonds is 4. The van der Waals surface area contributed by atoms with E-state index >= 15 is 0 Å². The molecule has 0 aliphatic carbocycles. The van der Waals surface area contributed by atoms with Crippen LogP contribution in [0.3, 0.4) is 0 Å². The number of benzene rings is 1. The first-order valence-corrected chi connectivity index (χ1v) is 6.06. The predicted octanol–water partition coefficient (Wildman–Crippen LogP) is 2.22. The largest absolute Gasteiger partial charge is 0.495 e. The summed E-state index contributed by atoms with van der Waals surface area (Å²) in [7, 11) is 1.55. The molecule has 6 nitrogen and oxygen atoms in total. The molecule has 0 radical (unpaired) electrons. The van der Waals surface area contributed by atoms with E-state index in [1.165, 1.54) is 0 Å². The minimum Gasteiger partial charge on any atom is -0.495 e. The van der Waals surface area contributed by atoms with Crippen molar-refractivity contribution in [3.63, 3.8) is 0 Å². The Hall–Kier alpha value is -2.55. The first-order chi connectivity index (χ1) is 9.29. The molecule has 1 aromatic carbocycles. The molecule has 0 heterocycles. The normalized spacial score (nSPS) is 11.7. The van der Waals surface area contributed by atoms with Crippen LogP contribution < -0.4 is 15.9 Å². The summed E-state index contributed by atoms with van der Waals surface area (Å²) < 4.78 is 5.24. The first-order valence-electron chi connectivity index (χ1n) is 6.06. The van der Waals surface area contributed by atoms with Crippen LogP contribution in [0.2, 0.25) is 0 Å². The molecule has 0 saturated heterocycles. The van der Waals surface area contributed by atoms with Gasteiger partial charge in [-0.2, -0.15) is 10.4 Å². The quantitative estimate of drug-likeness (QED) is 0.444. The molecule has 0 fully saturated rings. The summed E-state index contributed by atoms with van der Waals surface area (Å²) in [4.78, 5) is 0. The van der Waals surface area contributed by atoms with Gasteiger partial charge in [0, 0.05) is 0 Å². The van der Waals surface area contributed by atoms with E-state index < -0.39 is 0 Å². The van der Waals surface area contributed by atoms with Crippen LogP contribution in [0.5, 0.6) is 5.75 Å². The second-order valence-corrected chi connectivity index (χ2v) is 5.26. The van der Waals surface area contributed by atoms with Crippen LogP contribution in [0, 0.1) is 16.7 Å². The maximum atomic E-state index is 8.81. The van der Waals surface area contributed by atoms with Crippen molar-refractivity contribution in [3.8, 4) is 11.8 Å². The van der Waals surface area contributed by atoms with Gasteiger partial charge < -0.3 is 10.5 Å². The Morgan fingerprint density at radius 1 is 1.45 bits per heavy atom. The van der Waals surface area contributed by atoms with Gasteiger partial charge in [-0.3, -0.25) is 10.8 Å². The molecule has 0 amide bonds. The lowest BCUT2D eigenvalue weighted by molar-refractivity contribution is 0.416. The minimum absolute atomic E-state index is 0.0228. The van der Waals surface area contributed by atoms with Gasteiger partial charge in [0.2, 0.25) is 5.71 Å². The number of ether oxygens (including phenoxy) is 1. The number of nitrogens with zero attached hydrogens (tertiary/aromatic N) is 2. The zero-order chi connectivity index (χ0) is 15.3. The van der Waals surface area contributed by atoms with Crippen LogP contribution in [0.15, 0.2) is 23.3 Å². The average Bonchev–Trinajstić information content (AvgIpc) is 2.37. The second-order valence-electron chi connectivity index (χ2n) is 5.26. The lowest BCUT2D eigenvalue weighted by Gasteiger charge is -2.20. The summed E-state index contributed by atoms with van der Waals surface area (Å²) in [5.41, 5.74) is 9.49. The lowest BCUT2D eigenvalue weighted by Crippen LogP contribution is -2.22.